The zero-order valence-electron chi connectivity index (χ0n) is 11.4. The van der Waals surface area contributed by atoms with Crippen molar-refractivity contribution in [1.29, 1.82) is 0 Å². The van der Waals surface area contributed by atoms with Gasteiger partial charge in [0.2, 0.25) is 0 Å². The highest BCUT2D eigenvalue weighted by atomic mass is 35.5. The molecule has 1 fully saturated rings. The van der Waals surface area contributed by atoms with Crippen molar-refractivity contribution in [3.8, 4) is 11.5 Å². The average molecular weight is 286 g/mol. The molecule has 19 heavy (non-hydrogen) atoms. The lowest BCUT2D eigenvalue weighted by Gasteiger charge is -2.30. The molecule has 0 amide bonds. The Labute approximate surface area is 118 Å². The van der Waals surface area contributed by atoms with Gasteiger partial charge in [0, 0.05) is 13.1 Å². The summed E-state index contributed by atoms with van der Waals surface area (Å²) in [7, 11) is 3.17. The molecule has 0 aliphatic carbocycles. The van der Waals surface area contributed by atoms with Crippen LogP contribution in [0.2, 0.25) is 5.02 Å². The molecular formula is C14H20ClNO3. The fourth-order valence-corrected chi connectivity index (χ4v) is 2.81. The van der Waals surface area contributed by atoms with E-state index >= 15 is 0 Å². The number of methoxy groups -OCH3 is 2. The maximum absolute atomic E-state index is 9.68. The van der Waals surface area contributed by atoms with Crippen LogP contribution in [0.3, 0.4) is 0 Å². The van der Waals surface area contributed by atoms with Crippen LogP contribution < -0.4 is 9.47 Å². The minimum absolute atomic E-state index is 0.218. The molecule has 2 rings (SSSR count). The van der Waals surface area contributed by atoms with Crippen LogP contribution in [0.15, 0.2) is 12.1 Å². The van der Waals surface area contributed by atoms with Gasteiger partial charge in [-0.25, -0.2) is 0 Å². The number of ether oxygens (including phenoxy) is 2. The molecule has 0 spiro atoms. The molecule has 4 nitrogen and oxygen atoms in total. The van der Waals surface area contributed by atoms with E-state index in [4.69, 9.17) is 21.1 Å². The number of aliphatic hydroxyl groups is 1. The zero-order chi connectivity index (χ0) is 13.8. The van der Waals surface area contributed by atoms with Crippen molar-refractivity contribution in [2.24, 2.45) is 0 Å². The molecule has 0 radical (unpaired) electrons. The number of hydrogen-bond acceptors (Lipinski definition) is 4. The van der Waals surface area contributed by atoms with Gasteiger partial charge in [-0.3, -0.25) is 4.90 Å². The van der Waals surface area contributed by atoms with Gasteiger partial charge in [-0.2, -0.15) is 0 Å². The van der Waals surface area contributed by atoms with Gasteiger partial charge in [-0.1, -0.05) is 11.6 Å². The van der Waals surface area contributed by atoms with E-state index in [-0.39, 0.29) is 6.10 Å². The fourth-order valence-electron chi connectivity index (χ4n) is 2.50. The second-order valence-electron chi connectivity index (χ2n) is 4.84. The number of β-amino-alcohol motifs (C(OH)–C–C–N with tert-alkyl or cyclic N) is 1. The summed E-state index contributed by atoms with van der Waals surface area (Å²) < 4.78 is 10.5. The first-order chi connectivity index (χ1) is 9.13. The van der Waals surface area contributed by atoms with E-state index in [1.165, 1.54) is 0 Å². The van der Waals surface area contributed by atoms with Crippen LogP contribution in [-0.4, -0.2) is 43.4 Å². The first-order valence-corrected chi connectivity index (χ1v) is 6.82. The molecule has 0 saturated carbocycles. The second-order valence-corrected chi connectivity index (χ2v) is 5.25. The molecule has 1 aliphatic heterocycles. The van der Waals surface area contributed by atoms with Gasteiger partial charge in [-0.15, -0.1) is 0 Å². The molecule has 0 aromatic heterocycles. The Balaban J connectivity index is 2.14. The maximum atomic E-state index is 9.68. The van der Waals surface area contributed by atoms with Crippen molar-refractivity contribution in [3.05, 3.63) is 22.7 Å². The Hall–Kier alpha value is -0.970. The third kappa shape index (κ3) is 3.53. The number of nitrogens with zero attached hydrogens (tertiary/aromatic N) is 1. The van der Waals surface area contributed by atoms with Crippen molar-refractivity contribution in [1.82, 2.24) is 4.90 Å². The Morgan fingerprint density at radius 2 is 2.16 bits per heavy atom. The van der Waals surface area contributed by atoms with E-state index in [1.807, 2.05) is 12.1 Å². The van der Waals surface area contributed by atoms with Gasteiger partial charge in [0.15, 0.2) is 11.5 Å². The summed E-state index contributed by atoms with van der Waals surface area (Å²) in [4.78, 5) is 2.23. The van der Waals surface area contributed by atoms with Crippen molar-refractivity contribution in [3.63, 3.8) is 0 Å². The van der Waals surface area contributed by atoms with Crippen LogP contribution in [0.5, 0.6) is 11.5 Å². The smallest absolute Gasteiger partial charge is 0.179 e. The number of aliphatic hydroxyl groups excluding tert-OH is 1. The summed E-state index contributed by atoms with van der Waals surface area (Å²) in [6.45, 7) is 2.48. The van der Waals surface area contributed by atoms with Crippen molar-refractivity contribution in [2.45, 2.75) is 25.5 Å². The minimum Gasteiger partial charge on any atom is -0.493 e. The van der Waals surface area contributed by atoms with Gasteiger partial charge in [-0.05, 0) is 37.1 Å². The summed E-state index contributed by atoms with van der Waals surface area (Å²) in [5, 5.41) is 10.2. The molecule has 1 saturated heterocycles. The van der Waals surface area contributed by atoms with Gasteiger partial charge in [0.1, 0.15) is 0 Å². The summed E-state index contributed by atoms with van der Waals surface area (Å²) in [5.74, 6) is 1.20. The number of hydrogen-bond donors (Lipinski definition) is 1. The summed E-state index contributed by atoms with van der Waals surface area (Å²) >= 11 is 6.19. The normalized spacial score (nSPS) is 20.3. The number of likely N-dealkylation sites (tertiary alicyclic amines) is 1. The van der Waals surface area contributed by atoms with E-state index < -0.39 is 0 Å². The molecule has 1 aliphatic rings. The van der Waals surface area contributed by atoms with Gasteiger partial charge >= 0.3 is 0 Å². The van der Waals surface area contributed by atoms with E-state index in [0.29, 0.717) is 23.1 Å². The summed E-state index contributed by atoms with van der Waals surface area (Å²) in [6, 6.07) is 3.83. The predicted molar refractivity (Wildman–Crippen MR) is 75.1 cm³/mol. The predicted octanol–water partition coefficient (Wildman–Crippen LogP) is 2.31. The SMILES string of the molecule is COc1cc(CN2CCCC(O)C2)cc(Cl)c1OC. The molecule has 0 bridgehead atoms. The van der Waals surface area contributed by atoms with Crippen LogP contribution in [0.1, 0.15) is 18.4 Å². The summed E-state index contributed by atoms with van der Waals surface area (Å²) in [6.07, 6.45) is 1.70. The highest BCUT2D eigenvalue weighted by molar-refractivity contribution is 6.32. The highest BCUT2D eigenvalue weighted by Gasteiger charge is 2.19. The molecule has 106 valence electrons. The molecule has 5 heteroatoms. The summed E-state index contributed by atoms with van der Waals surface area (Å²) in [5.41, 5.74) is 1.07. The van der Waals surface area contributed by atoms with E-state index in [0.717, 1.165) is 31.5 Å². The topological polar surface area (TPSA) is 41.9 Å². The molecule has 1 aromatic rings. The third-order valence-electron chi connectivity index (χ3n) is 3.38. The quantitative estimate of drug-likeness (QED) is 0.922. The molecule has 1 heterocycles. The molecule has 1 unspecified atom stereocenters. The Morgan fingerprint density at radius 1 is 1.37 bits per heavy atom. The van der Waals surface area contributed by atoms with E-state index in [1.54, 1.807) is 14.2 Å². The van der Waals surface area contributed by atoms with Crippen LogP contribution in [0, 0.1) is 0 Å². The maximum Gasteiger partial charge on any atom is 0.179 e. The van der Waals surface area contributed by atoms with Crippen LogP contribution >= 0.6 is 11.6 Å². The van der Waals surface area contributed by atoms with Crippen LogP contribution in [0.25, 0.3) is 0 Å². The van der Waals surface area contributed by atoms with Gasteiger partial charge in [0.25, 0.3) is 0 Å². The molecular weight excluding hydrogens is 266 g/mol. The zero-order valence-corrected chi connectivity index (χ0v) is 12.1. The van der Waals surface area contributed by atoms with E-state index in [2.05, 4.69) is 4.90 Å². The first kappa shape index (κ1) is 14.4. The van der Waals surface area contributed by atoms with Crippen molar-refractivity contribution in [2.75, 3.05) is 27.3 Å². The highest BCUT2D eigenvalue weighted by Crippen LogP contribution is 2.36. The Kier molecular flexibility index (Phi) is 4.91. The van der Waals surface area contributed by atoms with Crippen molar-refractivity contribution < 1.29 is 14.6 Å². The minimum atomic E-state index is -0.218. The fraction of sp³-hybridized carbons (Fsp3) is 0.571. The van der Waals surface area contributed by atoms with Gasteiger partial charge < -0.3 is 14.6 Å². The lowest BCUT2D eigenvalue weighted by Crippen LogP contribution is -2.37. The Morgan fingerprint density at radius 3 is 2.79 bits per heavy atom. The number of halogens is 1. The number of rotatable bonds is 4. The largest absolute Gasteiger partial charge is 0.493 e. The standard InChI is InChI=1S/C14H20ClNO3/c1-18-13-7-10(6-12(15)14(13)19-2)8-16-5-3-4-11(17)9-16/h6-7,11,17H,3-5,8-9H2,1-2H3. The number of piperidine rings is 1. The monoisotopic (exact) mass is 285 g/mol. The lowest BCUT2D eigenvalue weighted by molar-refractivity contribution is 0.0668. The third-order valence-corrected chi connectivity index (χ3v) is 3.66. The molecule has 1 N–H and O–H groups in total. The first-order valence-electron chi connectivity index (χ1n) is 6.45. The van der Waals surface area contributed by atoms with Gasteiger partial charge in [0.05, 0.1) is 25.3 Å². The van der Waals surface area contributed by atoms with Crippen LogP contribution in [-0.2, 0) is 6.54 Å². The second kappa shape index (κ2) is 6.46. The van der Waals surface area contributed by atoms with Crippen LogP contribution in [0.4, 0.5) is 0 Å². The molecule has 1 atom stereocenters. The Bertz CT molecular complexity index is 439. The number of benzene rings is 1. The van der Waals surface area contributed by atoms with E-state index in [9.17, 15) is 5.11 Å². The van der Waals surface area contributed by atoms with Crippen molar-refractivity contribution >= 4 is 11.6 Å². The average Bonchev–Trinajstić information content (AvgIpc) is 2.38. The lowest BCUT2D eigenvalue weighted by atomic mass is 10.1. The molecule has 1 aromatic carbocycles.